The number of carboxylic acids is 1. The van der Waals surface area contributed by atoms with E-state index in [9.17, 15) is 14.0 Å². The summed E-state index contributed by atoms with van der Waals surface area (Å²) in [6.45, 7) is 1.74. The Morgan fingerprint density at radius 3 is 2.55 bits per heavy atom. The fourth-order valence-corrected chi connectivity index (χ4v) is 2.43. The van der Waals surface area contributed by atoms with Crippen molar-refractivity contribution in [2.45, 2.75) is 13.5 Å². The molecule has 0 aliphatic heterocycles. The number of aromatic carboxylic acids is 1. The molecule has 20 heavy (non-hydrogen) atoms. The Hall–Kier alpha value is -2.28. The van der Waals surface area contributed by atoms with Gasteiger partial charge in [0.1, 0.15) is 15.7 Å². The molecular weight excluding hydrogens is 283 g/mol. The highest BCUT2D eigenvalue weighted by Crippen LogP contribution is 2.17. The smallest absolute Gasteiger partial charge is 0.347 e. The maximum atomic E-state index is 12.7. The zero-order chi connectivity index (χ0) is 14.7. The van der Waals surface area contributed by atoms with E-state index < -0.39 is 11.8 Å². The van der Waals surface area contributed by atoms with Crippen molar-refractivity contribution in [3.05, 3.63) is 51.2 Å². The molecule has 1 aromatic carbocycles. The Labute approximate surface area is 118 Å². The predicted octanol–water partition coefficient (Wildman–Crippen LogP) is 2.22. The van der Waals surface area contributed by atoms with Crippen molar-refractivity contribution in [3.8, 4) is 0 Å². The molecule has 0 aliphatic carbocycles. The number of rotatable bonds is 4. The van der Waals surface area contributed by atoms with Gasteiger partial charge in [0.25, 0.3) is 5.91 Å². The van der Waals surface area contributed by atoms with Crippen LogP contribution in [0.2, 0.25) is 0 Å². The highest BCUT2D eigenvalue weighted by molar-refractivity contribution is 7.13. The first-order chi connectivity index (χ1) is 9.47. The number of amides is 1. The molecule has 104 valence electrons. The number of hydrogen-bond acceptors (Lipinski definition) is 4. The summed E-state index contributed by atoms with van der Waals surface area (Å²) >= 11 is 1.02. The standard InChI is InChI=1S/C13H11FN2O3S/c1-7-11(13(18)19)20-10(16-7)6-15-12(17)8-2-4-9(14)5-3-8/h2-5H,6H2,1H3,(H,15,17)(H,18,19). The lowest BCUT2D eigenvalue weighted by Crippen LogP contribution is -2.22. The highest BCUT2D eigenvalue weighted by Gasteiger charge is 2.14. The molecule has 0 atom stereocenters. The van der Waals surface area contributed by atoms with Crippen LogP contribution in [0.4, 0.5) is 4.39 Å². The minimum absolute atomic E-state index is 0.134. The topological polar surface area (TPSA) is 79.3 Å². The van der Waals surface area contributed by atoms with E-state index in [-0.39, 0.29) is 17.3 Å². The second kappa shape index (κ2) is 5.79. The molecule has 1 heterocycles. The van der Waals surface area contributed by atoms with Gasteiger partial charge < -0.3 is 10.4 Å². The normalized spacial score (nSPS) is 10.3. The number of carbonyl (C=O) groups is 2. The minimum atomic E-state index is -1.03. The van der Waals surface area contributed by atoms with Crippen LogP contribution in [0.5, 0.6) is 0 Å². The van der Waals surface area contributed by atoms with Gasteiger partial charge in [-0.3, -0.25) is 4.79 Å². The van der Waals surface area contributed by atoms with E-state index in [0.29, 0.717) is 16.3 Å². The van der Waals surface area contributed by atoms with Gasteiger partial charge in [-0.15, -0.1) is 11.3 Å². The lowest BCUT2D eigenvalue weighted by atomic mass is 10.2. The van der Waals surface area contributed by atoms with Crippen LogP contribution in [0.1, 0.15) is 30.7 Å². The Morgan fingerprint density at radius 2 is 2.00 bits per heavy atom. The van der Waals surface area contributed by atoms with Gasteiger partial charge in [0.2, 0.25) is 0 Å². The third-order valence-electron chi connectivity index (χ3n) is 2.54. The summed E-state index contributed by atoms with van der Waals surface area (Å²) in [4.78, 5) is 26.9. The molecule has 1 aromatic heterocycles. The molecule has 0 saturated carbocycles. The van der Waals surface area contributed by atoms with Crippen LogP contribution in [0.3, 0.4) is 0 Å². The number of nitrogens with one attached hydrogen (secondary N) is 1. The fraction of sp³-hybridized carbons (Fsp3) is 0.154. The van der Waals surface area contributed by atoms with E-state index in [2.05, 4.69) is 10.3 Å². The average molecular weight is 294 g/mol. The van der Waals surface area contributed by atoms with E-state index in [1.54, 1.807) is 6.92 Å². The van der Waals surface area contributed by atoms with Crippen molar-refractivity contribution in [1.82, 2.24) is 10.3 Å². The van der Waals surface area contributed by atoms with E-state index in [1.165, 1.54) is 24.3 Å². The summed E-state index contributed by atoms with van der Waals surface area (Å²) in [6.07, 6.45) is 0. The largest absolute Gasteiger partial charge is 0.477 e. The van der Waals surface area contributed by atoms with E-state index >= 15 is 0 Å². The Kier molecular flexibility index (Phi) is 4.09. The van der Waals surface area contributed by atoms with Crippen LogP contribution >= 0.6 is 11.3 Å². The van der Waals surface area contributed by atoms with Crippen molar-refractivity contribution in [2.75, 3.05) is 0 Å². The summed E-state index contributed by atoms with van der Waals surface area (Å²) in [7, 11) is 0. The maximum Gasteiger partial charge on any atom is 0.347 e. The second-order valence-corrected chi connectivity index (χ2v) is 5.10. The van der Waals surface area contributed by atoms with Gasteiger partial charge in [0, 0.05) is 5.56 Å². The Balaban J connectivity index is 2.01. The molecule has 2 N–H and O–H groups in total. The summed E-state index contributed by atoms with van der Waals surface area (Å²) < 4.78 is 12.7. The average Bonchev–Trinajstić information content (AvgIpc) is 2.78. The molecule has 5 nitrogen and oxygen atoms in total. The quantitative estimate of drug-likeness (QED) is 0.906. The first-order valence-electron chi connectivity index (χ1n) is 5.70. The molecule has 1 amide bonds. The van der Waals surface area contributed by atoms with Crippen molar-refractivity contribution >= 4 is 23.2 Å². The first-order valence-corrected chi connectivity index (χ1v) is 6.52. The highest BCUT2D eigenvalue weighted by atomic mass is 32.1. The molecular formula is C13H11FN2O3S. The first kappa shape index (κ1) is 14.1. The zero-order valence-electron chi connectivity index (χ0n) is 10.5. The Bertz CT molecular complexity index is 652. The lowest BCUT2D eigenvalue weighted by molar-refractivity contribution is 0.0701. The summed E-state index contributed by atoms with van der Waals surface area (Å²) in [5.74, 6) is -1.81. The summed E-state index contributed by atoms with van der Waals surface area (Å²) in [5.41, 5.74) is 0.756. The molecule has 0 bridgehead atoms. The van der Waals surface area contributed by atoms with Crippen LogP contribution in [-0.4, -0.2) is 22.0 Å². The molecule has 0 saturated heterocycles. The number of aryl methyl sites for hydroxylation is 1. The number of halogens is 1. The van der Waals surface area contributed by atoms with E-state index in [0.717, 1.165) is 11.3 Å². The second-order valence-electron chi connectivity index (χ2n) is 4.02. The van der Waals surface area contributed by atoms with Gasteiger partial charge in [-0.25, -0.2) is 14.2 Å². The van der Waals surface area contributed by atoms with Crippen LogP contribution in [0.25, 0.3) is 0 Å². The Morgan fingerprint density at radius 1 is 1.35 bits per heavy atom. The maximum absolute atomic E-state index is 12.7. The number of carboxylic acid groups (broad SMARTS) is 1. The molecule has 0 radical (unpaired) electrons. The van der Waals surface area contributed by atoms with Crippen LogP contribution in [0, 0.1) is 12.7 Å². The molecule has 2 rings (SSSR count). The van der Waals surface area contributed by atoms with Gasteiger partial charge in [-0.1, -0.05) is 0 Å². The van der Waals surface area contributed by atoms with Gasteiger partial charge in [-0.2, -0.15) is 0 Å². The van der Waals surface area contributed by atoms with Gasteiger partial charge in [0.15, 0.2) is 0 Å². The van der Waals surface area contributed by atoms with Crippen LogP contribution in [0.15, 0.2) is 24.3 Å². The summed E-state index contributed by atoms with van der Waals surface area (Å²) in [6, 6.07) is 5.15. The molecule has 7 heteroatoms. The van der Waals surface area contributed by atoms with Crippen LogP contribution in [-0.2, 0) is 6.54 Å². The van der Waals surface area contributed by atoms with Crippen molar-refractivity contribution in [1.29, 1.82) is 0 Å². The lowest BCUT2D eigenvalue weighted by Gasteiger charge is -2.02. The van der Waals surface area contributed by atoms with Crippen molar-refractivity contribution in [2.24, 2.45) is 0 Å². The number of hydrogen-bond donors (Lipinski definition) is 2. The molecule has 0 spiro atoms. The molecule has 0 fully saturated rings. The molecule has 0 aliphatic rings. The van der Waals surface area contributed by atoms with E-state index in [1.807, 2.05) is 0 Å². The third kappa shape index (κ3) is 3.18. The number of carbonyl (C=O) groups excluding carboxylic acids is 1. The fourth-order valence-electron chi connectivity index (χ4n) is 1.59. The number of benzene rings is 1. The van der Waals surface area contributed by atoms with Crippen molar-refractivity contribution < 1.29 is 19.1 Å². The minimum Gasteiger partial charge on any atom is -0.477 e. The SMILES string of the molecule is Cc1nc(CNC(=O)c2ccc(F)cc2)sc1C(=O)O. The zero-order valence-corrected chi connectivity index (χ0v) is 11.3. The summed E-state index contributed by atoms with van der Waals surface area (Å²) in [5, 5.41) is 12.0. The number of thiazole rings is 1. The predicted molar refractivity (Wildman–Crippen MR) is 71.4 cm³/mol. The number of nitrogens with zero attached hydrogens (tertiary/aromatic N) is 1. The monoisotopic (exact) mass is 294 g/mol. The number of aromatic nitrogens is 1. The van der Waals surface area contributed by atoms with Crippen molar-refractivity contribution in [3.63, 3.8) is 0 Å². The van der Waals surface area contributed by atoms with Gasteiger partial charge in [0.05, 0.1) is 12.2 Å². The van der Waals surface area contributed by atoms with Gasteiger partial charge >= 0.3 is 5.97 Å². The molecule has 2 aromatic rings. The third-order valence-corrected chi connectivity index (χ3v) is 3.69. The van der Waals surface area contributed by atoms with E-state index in [4.69, 9.17) is 5.11 Å². The van der Waals surface area contributed by atoms with Crippen LogP contribution < -0.4 is 5.32 Å². The molecule has 0 unspecified atom stereocenters. The van der Waals surface area contributed by atoms with Gasteiger partial charge in [-0.05, 0) is 31.2 Å².